The van der Waals surface area contributed by atoms with E-state index in [2.05, 4.69) is 15.6 Å². The third-order valence-electron chi connectivity index (χ3n) is 3.51. The minimum absolute atomic E-state index is 0.261. The van der Waals surface area contributed by atoms with Crippen molar-refractivity contribution in [3.05, 3.63) is 77.9 Å². The molecule has 0 aliphatic rings. The molecule has 0 saturated heterocycles. The van der Waals surface area contributed by atoms with Gasteiger partial charge in [-0.25, -0.2) is 4.98 Å². The van der Waals surface area contributed by atoms with Gasteiger partial charge >= 0.3 is 6.18 Å². The molecule has 0 bridgehead atoms. The summed E-state index contributed by atoms with van der Waals surface area (Å²) in [7, 11) is 0. The number of anilines is 2. The number of hydrogen-bond donors (Lipinski definition) is 2. The fraction of sp³-hybridized carbons (Fsp3) is 0.111. The van der Waals surface area contributed by atoms with E-state index in [9.17, 15) is 18.0 Å². The molecule has 2 N–H and O–H groups in total. The van der Waals surface area contributed by atoms with E-state index >= 15 is 0 Å². The molecule has 0 spiro atoms. The summed E-state index contributed by atoms with van der Waals surface area (Å²) in [5, 5.41) is 5.57. The first-order valence-electron chi connectivity index (χ1n) is 7.63. The zero-order chi connectivity index (χ0) is 18.6. The lowest BCUT2D eigenvalue weighted by Gasteiger charge is -2.09. The van der Waals surface area contributed by atoms with Crippen LogP contribution < -0.4 is 10.6 Å². The maximum Gasteiger partial charge on any atom is 0.416 e. The van der Waals surface area contributed by atoms with Crippen LogP contribution in [0.5, 0.6) is 0 Å². The Balaban J connectivity index is 1.59. The van der Waals surface area contributed by atoms with Gasteiger partial charge < -0.3 is 15.1 Å². The zero-order valence-electron chi connectivity index (χ0n) is 13.4. The van der Waals surface area contributed by atoms with Gasteiger partial charge in [-0.2, -0.15) is 13.2 Å². The summed E-state index contributed by atoms with van der Waals surface area (Å²) < 4.78 is 42.8. The van der Waals surface area contributed by atoms with Gasteiger partial charge in [0.2, 0.25) is 0 Å². The molecule has 26 heavy (non-hydrogen) atoms. The fourth-order valence-electron chi connectivity index (χ4n) is 2.18. The summed E-state index contributed by atoms with van der Waals surface area (Å²) in [6.45, 7) is 0.261. The highest BCUT2D eigenvalue weighted by Crippen LogP contribution is 2.30. The maximum absolute atomic E-state index is 12.5. The number of alkyl halides is 3. The van der Waals surface area contributed by atoms with E-state index in [-0.39, 0.29) is 12.5 Å². The van der Waals surface area contributed by atoms with Crippen molar-refractivity contribution in [3.63, 3.8) is 0 Å². The second kappa shape index (κ2) is 7.30. The number of pyridine rings is 1. The van der Waals surface area contributed by atoms with Crippen LogP contribution in [0, 0.1) is 0 Å². The van der Waals surface area contributed by atoms with Gasteiger partial charge in [0.25, 0.3) is 5.91 Å². The number of amides is 1. The summed E-state index contributed by atoms with van der Waals surface area (Å²) in [6.07, 6.45) is -1.48. The zero-order valence-corrected chi connectivity index (χ0v) is 13.4. The Bertz CT molecular complexity index is 858. The lowest BCUT2D eigenvalue weighted by molar-refractivity contribution is -0.137. The van der Waals surface area contributed by atoms with Crippen LogP contribution in [0.4, 0.5) is 24.7 Å². The predicted molar refractivity (Wildman–Crippen MR) is 88.8 cm³/mol. The molecule has 3 aromatic rings. The van der Waals surface area contributed by atoms with Crippen LogP contribution in [0.15, 0.2) is 65.4 Å². The topological polar surface area (TPSA) is 67.2 Å². The molecule has 3 rings (SSSR count). The average Bonchev–Trinajstić information content (AvgIpc) is 3.13. The number of aromatic nitrogens is 1. The Morgan fingerprint density at radius 2 is 1.85 bits per heavy atom. The monoisotopic (exact) mass is 361 g/mol. The molecule has 0 aliphatic carbocycles. The molecule has 5 nitrogen and oxygen atoms in total. The highest BCUT2D eigenvalue weighted by atomic mass is 19.4. The van der Waals surface area contributed by atoms with Gasteiger partial charge in [-0.05, 0) is 48.5 Å². The summed E-state index contributed by atoms with van der Waals surface area (Å²) in [5.74, 6) is 0.731. The van der Waals surface area contributed by atoms with Crippen LogP contribution in [0.25, 0.3) is 0 Å². The van der Waals surface area contributed by atoms with E-state index in [1.807, 2.05) is 0 Å². The second-order valence-corrected chi connectivity index (χ2v) is 5.39. The van der Waals surface area contributed by atoms with Crippen LogP contribution >= 0.6 is 0 Å². The smallest absolute Gasteiger partial charge is 0.416 e. The molecule has 1 aromatic carbocycles. The standard InChI is InChI=1S/C18H14F3N3O2/c19-18(20,21)13-4-6-14(7-5-13)24-16-8-3-12(10-22-16)17(25)23-11-15-2-1-9-26-15/h1-10H,11H2,(H,22,24)(H,23,25). The Morgan fingerprint density at radius 3 is 2.42 bits per heavy atom. The van der Waals surface area contributed by atoms with Crippen molar-refractivity contribution in [2.75, 3.05) is 5.32 Å². The number of furan rings is 1. The predicted octanol–water partition coefficient (Wildman–Crippen LogP) is 4.37. The normalized spacial score (nSPS) is 11.2. The van der Waals surface area contributed by atoms with Gasteiger partial charge in [0.1, 0.15) is 11.6 Å². The highest BCUT2D eigenvalue weighted by Gasteiger charge is 2.29. The van der Waals surface area contributed by atoms with Crippen molar-refractivity contribution in [3.8, 4) is 0 Å². The van der Waals surface area contributed by atoms with Crippen LogP contribution in [0.1, 0.15) is 21.7 Å². The number of hydrogen-bond acceptors (Lipinski definition) is 4. The van der Waals surface area contributed by atoms with E-state index in [0.29, 0.717) is 22.8 Å². The first-order chi connectivity index (χ1) is 12.4. The molecule has 0 saturated carbocycles. The maximum atomic E-state index is 12.5. The summed E-state index contributed by atoms with van der Waals surface area (Å²) in [4.78, 5) is 16.1. The Labute approximate surface area is 146 Å². The highest BCUT2D eigenvalue weighted by molar-refractivity contribution is 5.94. The second-order valence-electron chi connectivity index (χ2n) is 5.39. The molecule has 8 heteroatoms. The molecule has 0 atom stereocenters. The van der Waals surface area contributed by atoms with Gasteiger partial charge in [-0.15, -0.1) is 0 Å². The quantitative estimate of drug-likeness (QED) is 0.708. The Kier molecular flexibility index (Phi) is 4.92. The van der Waals surface area contributed by atoms with E-state index < -0.39 is 11.7 Å². The lowest BCUT2D eigenvalue weighted by atomic mass is 10.2. The number of rotatable bonds is 5. The van der Waals surface area contributed by atoms with Crippen molar-refractivity contribution in [1.82, 2.24) is 10.3 Å². The van der Waals surface area contributed by atoms with E-state index in [4.69, 9.17) is 4.42 Å². The molecule has 2 aromatic heterocycles. The third kappa shape index (κ3) is 4.41. The molecule has 134 valence electrons. The van der Waals surface area contributed by atoms with Gasteiger partial charge in [-0.1, -0.05) is 0 Å². The Hall–Kier alpha value is -3.29. The molecule has 1 amide bonds. The molecule has 0 unspecified atom stereocenters. The molecular formula is C18H14F3N3O2. The van der Waals surface area contributed by atoms with Crippen LogP contribution in [-0.4, -0.2) is 10.9 Å². The minimum Gasteiger partial charge on any atom is -0.467 e. The summed E-state index contributed by atoms with van der Waals surface area (Å²) in [6, 6.07) is 11.2. The van der Waals surface area contributed by atoms with Crippen LogP contribution in [0.2, 0.25) is 0 Å². The average molecular weight is 361 g/mol. The van der Waals surface area contributed by atoms with Crippen molar-refractivity contribution in [2.24, 2.45) is 0 Å². The lowest BCUT2D eigenvalue weighted by Crippen LogP contribution is -2.22. The SMILES string of the molecule is O=C(NCc1ccco1)c1ccc(Nc2ccc(C(F)(F)F)cc2)nc1. The van der Waals surface area contributed by atoms with Gasteiger partial charge in [-0.3, -0.25) is 4.79 Å². The number of benzene rings is 1. The third-order valence-corrected chi connectivity index (χ3v) is 3.51. The number of nitrogens with zero attached hydrogens (tertiary/aromatic N) is 1. The number of carbonyl (C=O) groups is 1. The summed E-state index contributed by atoms with van der Waals surface area (Å²) >= 11 is 0. The summed E-state index contributed by atoms with van der Waals surface area (Å²) in [5.41, 5.74) is 0.0923. The van der Waals surface area contributed by atoms with Crippen molar-refractivity contribution in [1.29, 1.82) is 0 Å². The number of carbonyl (C=O) groups excluding carboxylic acids is 1. The fourth-order valence-corrected chi connectivity index (χ4v) is 2.18. The van der Waals surface area contributed by atoms with E-state index in [1.54, 1.807) is 24.3 Å². The molecule has 2 heterocycles. The largest absolute Gasteiger partial charge is 0.467 e. The Morgan fingerprint density at radius 1 is 1.08 bits per heavy atom. The van der Waals surface area contributed by atoms with E-state index in [0.717, 1.165) is 12.1 Å². The molecule has 0 aliphatic heterocycles. The minimum atomic E-state index is -4.37. The van der Waals surface area contributed by atoms with Crippen molar-refractivity contribution >= 4 is 17.4 Å². The first kappa shape index (κ1) is 17.5. The van der Waals surface area contributed by atoms with Crippen LogP contribution in [-0.2, 0) is 12.7 Å². The first-order valence-corrected chi connectivity index (χ1v) is 7.63. The number of nitrogens with one attached hydrogen (secondary N) is 2. The molecular weight excluding hydrogens is 347 g/mol. The van der Waals surface area contributed by atoms with Gasteiger partial charge in [0.15, 0.2) is 0 Å². The number of halogens is 3. The van der Waals surface area contributed by atoms with Gasteiger partial charge in [0, 0.05) is 11.9 Å². The molecule has 0 radical (unpaired) electrons. The van der Waals surface area contributed by atoms with Crippen molar-refractivity contribution in [2.45, 2.75) is 12.7 Å². The molecule has 0 fully saturated rings. The van der Waals surface area contributed by atoms with Gasteiger partial charge in [0.05, 0.1) is 23.9 Å². The van der Waals surface area contributed by atoms with Crippen LogP contribution in [0.3, 0.4) is 0 Å². The van der Waals surface area contributed by atoms with E-state index in [1.165, 1.54) is 24.6 Å². The van der Waals surface area contributed by atoms with Crippen molar-refractivity contribution < 1.29 is 22.4 Å².